The fourth-order valence-corrected chi connectivity index (χ4v) is 2.77. The molecule has 82 valence electrons. The quantitative estimate of drug-likeness (QED) is 0.571. The van der Waals surface area contributed by atoms with Gasteiger partial charge in [-0.1, -0.05) is 22.6 Å². The van der Waals surface area contributed by atoms with Gasteiger partial charge in [0, 0.05) is 23.6 Å². The minimum Gasteiger partial charge on any atom is -0.381 e. The average Bonchev–Trinajstić information content (AvgIpc) is 2.09. The summed E-state index contributed by atoms with van der Waals surface area (Å²) in [7, 11) is 1.76. The molecular weight excluding hydrogens is 296 g/mol. The highest BCUT2D eigenvalue weighted by Crippen LogP contribution is 2.31. The average molecular weight is 313 g/mol. The van der Waals surface area contributed by atoms with E-state index in [2.05, 4.69) is 27.5 Å². The van der Waals surface area contributed by atoms with Crippen LogP contribution in [0.2, 0.25) is 0 Å². The zero-order chi connectivity index (χ0) is 10.1. The summed E-state index contributed by atoms with van der Waals surface area (Å²) in [4.78, 5) is 2.30. The molecule has 0 aromatic carbocycles. The van der Waals surface area contributed by atoms with Crippen LogP contribution >= 0.6 is 22.6 Å². The third-order valence-corrected chi connectivity index (χ3v) is 4.82. The molecule has 0 aromatic heterocycles. The second-order valence-corrected chi connectivity index (χ2v) is 5.90. The molecule has 2 aliphatic rings. The largest absolute Gasteiger partial charge is 0.381 e. The van der Waals surface area contributed by atoms with E-state index in [0.717, 1.165) is 25.8 Å². The molecule has 2 fully saturated rings. The first-order valence-electron chi connectivity index (χ1n) is 5.25. The van der Waals surface area contributed by atoms with Crippen molar-refractivity contribution in [1.29, 1.82) is 0 Å². The van der Waals surface area contributed by atoms with Gasteiger partial charge in [-0.25, -0.2) is 4.39 Å². The van der Waals surface area contributed by atoms with Gasteiger partial charge in [0.25, 0.3) is 0 Å². The van der Waals surface area contributed by atoms with Crippen LogP contribution in [-0.2, 0) is 4.74 Å². The second kappa shape index (κ2) is 4.61. The van der Waals surface area contributed by atoms with Crippen molar-refractivity contribution in [2.24, 2.45) is 0 Å². The Balaban J connectivity index is 1.78. The number of likely N-dealkylation sites (tertiary alicyclic amines) is 1. The summed E-state index contributed by atoms with van der Waals surface area (Å²) in [6.07, 6.45) is 2.97. The van der Waals surface area contributed by atoms with E-state index in [-0.39, 0.29) is 3.92 Å². The van der Waals surface area contributed by atoms with Crippen molar-refractivity contribution < 1.29 is 9.13 Å². The number of halogens is 2. The molecule has 0 spiro atoms. The maximum absolute atomic E-state index is 13.4. The van der Waals surface area contributed by atoms with E-state index < -0.39 is 6.17 Å². The minimum atomic E-state index is -0.633. The molecule has 14 heavy (non-hydrogen) atoms. The van der Waals surface area contributed by atoms with Gasteiger partial charge in [0.2, 0.25) is 0 Å². The molecule has 1 saturated carbocycles. The van der Waals surface area contributed by atoms with Crippen molar-refractivity contribution in [3.8, 4) is 0 Å². The first-order chi connectivity index (χ1) is 6.70. The summed E-state index contributed by atoms with van der Waals surface area (Å²) in [5.74, 6) is 0. The van der Waals surface area contributed by atoms with Crippen LogP contribution in [0.25, 0.3) is 0 Å². The van der Waals surface area contributed by atoms with Crippen LogP contribution in [0.3, 0.4) is 0 Å². The van der Waals surface area contributed by atoms with E-state index in [1.165, 1.54) is 0 Å². The highest BCUT2D eigenvalue weighted by Gasteiger charge is 2.37. The molecule has 0 amide bonds. The van der Waals surface area contributed by atoms with Crippen molar-refractivity contribution in [2.45, 2.75) is 41.5 Å². The molecule has 4 heteroatoms. The number of rotatable bonds is 2. The molecular formula is C10H17FINO. The monoisotopic (exact) mass is 313 g/mol. The first-order valence-corrected chi connectivity index (χ1v) is 6.50. The standard InChI is InChI=1S/C10H17FINO/c1-14-8-4-7(5-8)13-3-2-10(12)9(11)6-13/h7-10H,2-6H2,1H3/t7-,8-,9-,10-/m0/s1. The molecule has 2 nitrogen and oxygen atoms in total. The van der Waals surface area contributed by atoms with Crippen LogP contribution in [-0.4, -0.2) is 47.3 Å². The predicted octanol–water partition coefficient (Wildman–Crippen LogP) is 2.01. The van der Waals surface area contributed by atoms with Gasteiger partial charge in [-0.15, -0.1) is 0 Å². The van der Waals surface area contributed by atoms with Crippen LogP contribution in [0, 0.1) is 0 Å². The Bertz CT molecular complexity index is 199. The van der Waals surface area contributed by atoms with E-state index >= 15 is 0 Å². The van der Waals surface area contributed by atoms with Gasteiger partial charge in [0.15, 0.2) is 0 Å². The fourth-order valence-electron chi connectivity index (χ4n) is 2.26. The van der Waals surface area contributed by atoms with E-state index in [9.17, 15) is 4.39 Å². The van der Waals surface area contributed by atoms with Crippen LogP contribution in [0.15, 0.2) is 0 Å². The lowest BCUT2D eigenvalue weighted by atomic mass is 9.86. The van der Waals surface area contributed by atoms with Crippen LogP contribution in [0.5, 0.6) is 0 Å². The van der Waals surface area contributed by atoms with Crippen molar-refractivity contribution in [1.82, 2.24) is 4.90 Å². The summed E-state index contributed by atoms with van der Waals surface area (Å²) in [5, 5.41) is 0. The molecule has 2 atom stereocenters. The van der Waals surface area contributed by atoms with Crippen LogP contribution in [0.1, 0.15) is 19.3 Å². The SMILES string of the molecule is CO[C@H]1C[C@H](N2CC[C@H](I)[C@@H](F)C2)C1. The van der Waals surface area contributed by atoms with Gasteiger partial charge in [0.1, 0.15) is 6.17 Å². The normalized spacial score (nSPS) is 44.8. The van der Waals surface area contributed by atoms with Crippen molar-refractivity contribution in [3.05, 3.63) is 0 Å². The van der Waals surface area contributed by atoms with Crippen molar-refractivity contribution >= 4 is 22.6 Å². The second-order valence-electron chi connectivity index (χ2n) is 4.30. The Labute approximate surface area is 98.3 Å². The summed E-state index contributed by atoms with van der Waals surface area (Å²) in [5.41, 5.74) is 0. The Morgan fingerprint density at radius 3 is 2.71 bits per heavy atom. The minimum absolute atomic E-state index is 0.224. The molecule has 1 aliphatic heterocycles. The number of hydrogen-bond acceptors (Lipinski definition) is 2. The van der Waals surface area contributed by atoms with Crippen molar-refractivity contribution in [3.63, 3.8) is 0 Å². The number of methoxy groups -OCH3 is 1. The lowest BCUT2D eigenvalue weighted by Gasteiger charge is -2.45. The zero-order valence-electron chi connectivity index (χ0n) is 8.46. The molecule has 1 aliphatic carbocycles. The fraction of sp³-hybridized carbons (Fsp3) is 1.00. The molecule has 0 aromatic rings. The topological polar surface area (TPSA) is 12.5 Å². The lowest BCUT2D eigenvalue weighted by Crippen LogP contribution is -2.53. The molecule has 0 unspecified atom stereocenters. The van der Waals surface area contributed by atoms with Gasteiger partial charge in [0.05, 0.1) is 6.10 Å². The maximum Gasteiger partial charge on any atom is 0.124 e. The smallest absolute Gasteiger partial charge is 0.124 e. The number of alkyl halides is 2. The maximum atomic E-state index is 13.4. The summed E-state index contributed by atoms with van der Waals surface area (Å²) >= 11 is 2.23. The van der Waals surface area contributed by atoms with E-state index in [1.54, 1.807) is 7.11 Å². The summed E-state index contributed by atoms with van der Waals surface area (Å²) in [6.45, 7) is 1.70. The Hall–Kier alpha value is 0.580. The highest BCUT2D eigenvalue weighted by molar-refractivity contribution is 14.1. The van der Waals surface area contributed by atoms with E-state index in [1.807, 2.05) is 0 Å². The summed E-state index contributed by atoms with van der Waals surface area (Å²) < 4.78 is 18.9. The Morgan fingerprint density at radius 2 is 2.14 bits per heavy atom. The molecule has 0 bridgehead atoms. The van der Waals surface area contributed by atoms with Crippen LogP contribution < -0.4 is 0 Å². The Morgan fingerprint density at radius 1 is 1.43 bits per heavy atom. The number of nitrogens with zero attached hydrogens (tertiary/aromatic N) is 1. The third kappa shape index (κ3) is 2.22. The Kier molecular flexibility index (Phi) is 3.65. The van der Waals surface area contributed by atoms with Gasteiger partial charge < -0.3 is 4.74 Å². The molecule has 2 rings (SSSR count). The number of hydrogen-bond donors (Lipinski definition) is 0. The van der Waals surface area contributed by atoms with Gasteiger partial charge in [-0.2, -0.15) is 0 Å². The number of ether oxygens (including phenoxy) is 1. The van der Waals surface area contributed by atoms with Crippen molar-refractivity contribution in [2.75, 3.05) is 20.2 Å². The first kappa shape index (κ1) is 11.1. The third-order valence-electron chi connectivity index (χ3n) is 3.41. The van der Waals surface area contributed by atoms with Crippen LogP contribution in [0.4, 0.5) is 4.39 Å². The van der Waals surface area contributed by atoms with Gasteiger partial charge in [-0.05, 0) is 25.8 Å². The van der Waals surface area contributed by atoms with Gasteiger partial charge in [-0.3, -0.25) is 4.90 Å². The highest BCUT2D eigenvalue weighted by atomic mass is 127. The van der Waals surface area contributed by atoms with E-state index in [4.69, 9.17) is 4.74 Å². The lowest BCUT2D eigenvalue weighted by molar-refractivity contribution is -0.0397. The number of piperidine rings is 1. The zero-order valence-corrected chi connectivity index (χ0v) is 10.6. The molecule has 0 N–H and O–H groups in total. The summed E-state index contributed by atoms with van der Waals surface area (Å²) in [6, 6.07) is 0.585. The molecule has 1 heterocycles. The van der Waals surface area contributed by atoms with E-state index in [0.29, 0.717) is 18.7 Å². The molecule has 1 saturated heterocycles. The molecule has 0 radical (unpaired) electrons. The van der Waals surface area contributed by atoms with Gasteiger partial charge >= 0.3 is 0 Å². The predicted molar refractivity (Wildman–Crippen MR) is 62.7 cm³/mol.